The van der Waals surface area contributed by atoms with E-state index in [1.54, 1.807) is 33.9 Å². The number of hydrogen-bond acceptors (Lipinski definition) is 4. The Morgan fingerprint density at radius 2 is 1.89 bits per heavy atom. The fourth-order valence-electron chi connectivity index (χ4n) is 1.45. The van der Waals surface area contributed by atoms with Crippen LogP contribution in [0.1, 0.15) is 19.4 Å². The summed E-state index contributed by atoms with van der Waals surface area (Å²) in [5.74, 6) is -0.260. The van der Waals surface area contributed by atoms with Gasteiger partial charge in [-0.15, -0.1) is 0 Å². The highest BCUT2D eigenvalue weighted by Gasteiger charge is 2.26. The molecule has 0 spiro atoms. The summed E-state index contributed by atoms with van der Waals surface area (Å²) in [7, 11) is -2.13. The maximum Gasteiger partial charge on any atom is 0.244 e. The van der Waals surface area contributed by atoms with Crippen LogP contribution in [0.3, 0.4) is 0 Å². The summed E-state index contributed by atoms with van der Waals surface area (Å²) < 4.78 is 22.8. The number of benzene rings is 1. The van der Waals surface area contributed by atoms with Gasteiger partial charge in [-0.1, -0.05) is 6.07 Å². The number of rotatable bonds is 4. The second-order valence-corrected chi connectivity index (χ2v) is 6.33. The molecule has 0 saturated carbocycles. The molecular formula is C12H19N3O3S. The number of sulfonamides is 1. The van der Waals surface area contributed by atoms with Gasteiger partial charge in [0.2, 0.25) is 15.9 Å². The maximum atomic E-state index is 12.0. The Hall–Kier alpha value is -1.44. The molecule has 1 amide bonds. The van der Waals surface area contributed by atoms with Crippen LogP contribution in [0.2, 0.25) is 0 Å². The minimum absolute atomic E-state index is 0.00700. The van der Waals surface area contributed by atoms with E-state index >= 15 is 0 Å². The molecule has 1 rings (SSSR count). The van der Waals surface area contributed by atoms with Crippen LogP contribution < -0.4 is 15.8 Å². The first-order chi connectivity index (χ1) is 8.59. The molecule has 1 aromatic carbocycles. The van der Waals surface area contributed by atoms with Crippen LogP contribution in [0.5, 0.6) is 0 Å². The van der Waals surface area contributed by atoms with Gasteiger partial charge in [-0.05, 0) is 45.5 Å². The molecule has 0 aliphatic rings. The van der Waals surface area contributed by atoms with Crippen molar-refractivity contribution < 1.29 is 13.2 Å². The molecule has 0 saturated heterocycles. The smallest absolute Gasteiger partial charge is 0.244 e. The fraction of sp³-hybridized carbons (Fsp3) is 0.417. The molecule has 0 heterocycles. The quantitative estimate of drug-likeness (QED) is 0.753. The van der Waals surface area contributed by atoms with Gasteiger partial charge in [0.15, 0.2) is 0 Å². The first kappa shape index (κ1) is 15.6. The van der Waals surface area contributed by atoms with Crippen molar-refractivity contribution in [3.8, 4) is 0 Å². The van der Waals surface area contributed by atoms with Crippen LogP contribution in [0, 0.1) is 6.92 Å². The summed E-state index contributed by atoms with van der Waals surface area (Å²) in [5.41, 5.74) is 0.0921. The Labute approximate surface area is 113 Å². The Bertz CT molecular complexity index is 594. The number of carbonyl (C=O) groups is 1. The van der Waals surface area contributed by atoms with Gasteiger partial charge in [0, 0.05) is 5.69 Å². The largest absolute Gasteiger partial charge is 0.324 e. The predicted octanol–water partition coefficient (Wildman–Crippen LogP) is 0.579. The number of primary sulfonamides is 1. The molecule has 7 heteroatoms. The van der Waals surface area contributed by atoms with Crippen LogP contribution >= 0.6 is 0 Å². The Balaban J connectivity index is 3.15. The standard InChI is InChI=1S/C12H19N3O3S/c1-8-9(15-11(16)12(2,3)14-4)6-5-7-10(8)19(13,17)18/h5-7,14H,1-4H3,(H,15,16)(H2,13,17,18). The molecule has 0 aromatic heterocycles. The summed E-state index contributed by atoms with van der Waals surface area (Å²) in [5, 5.41) is 10.7. The van der Waals surface area contributed by atoms with E-state index in [9.17, 15) is 13.2 Å². The molecule has 0 bridgehead atoms. The summed E-state index contributed by atoms with van der Waals surface area (Å²) in [6, 6.07) is 4.58. The molecule has 0 atom stereocenters. The molecule has 4 N–H and O–H groups in total. The zero-order chi connectivity index (χ0) is 14.8. The van der Waals surface area contributed by atoms with Crippen LogP contribution in [-0.4, -0.2) is 26.9 Å². The highest BCUT2D eigenvalue weighted by atomic mass is 32.2. The van der Waals surface area contributed by atoms with Crippen molar-refractivity contribution in [3.05, 3.63) is 23.8 Å². The maximum absolute atomic E-state index is 12.0. The molecule has 0 fully saturated rings. The molecule has 0 aliphatic carbocycles. The van der Waals surface area contributed by atoms with Crippen molar-refractivity contribution in [1.29, 1.82) is 0 Å². The monoisotopic (exact) mass is 285 g/mol. The van der Waals surface area contributed by atoms with Gasteiger partial charge in [0.1, 0.15) is 0 Å². The van der Waals surface area contributed by atoms with Crippen LogP contribution in [0.25, 0.3) is 0 Å². The predicted molar refractivity (Wildman–Crippen MR) is 74.3 cm³/mol. The van der Waals surface area contributed by atoms with Crippen molar-refractivity contribution in [2.24, 2.45) is 5.14 Å². The minimum atomic E-state index is -3.80. The van der Waals surface area contributed by atoms with Crippen LogP contribution in [0.4, 0.5) is 5.69 Å². The molecule has 0 aliphatic heterocycles. The lowest BCUT2D eigenvalue weighted by Gasteiger charge is -2.23. The van der Waals surface area contributed by atoms with Gasteiger partial charge in [0.05, 0.1) is 10.4 Å². The SMILES string of the molecule is CNC(C)(C)C(=O)Nc1cccc(S(N)(=O)=O)c1C. The lowest BCUT2D eigenvalue weighted by Crippen LogP contribution is -2.48. The van der Waals surface area contributed by atoms with E-state index in [0.717, 1.165) is 0 Å². The van der Waals surface area contributed by atoms with E-state index in [1.165, 1.54) is 12.1 Å². The van der Waals surface area contributed by atoms with E-state index < -0.39 is 15.6 Å². The van der Waals surface area contributed by atoms with Crippen molar-refractivity contribution in [1.82, 2.24) is 5.32 Å². The molecule has 1 aromatic rings. The van der Waals surface area contributed by atoms with Crippen molar-refractivity contribution in [2.45, 2.75) is 31.2 Å². The molecular weight excluding hydrogens is 266 g/mol. The van der Waals surface area contributed by atoms with E-state index in [0.29, 0.717) is 11.3 Å². The number of anilines is 1. The highest BCUT2D eigenvalue weighted by molar-refractivity contribution is 7.89. The first-order valence-corrected chi connectivity index (χ1v) is 7.27. The lowest BCUT2D eigenvalue weighted by molar-refractivity contribution is -0.121. The van der Waals surface area contributed by atoms with Gasteiger partial charge >= 0.3 is 0 Å². The number of carbonyl (C=O) groups excluding carboxylic acids is 1. The second-order valence-electron chi connectivity index (χ2n) is 4.80. The van der Waals surface area contributed by atoms with Crippen molar-refractivity contribution >= 4 is 21.6 Å². The van der Waals surface area contributed by atoms with Gasteiger partial charge in [0.25, 0.3) is 0 Å². The average molecular weight is 285 g/mol. The van der Waals surface area contributed by atoms with Gasteiger partial charge in [-0.25, -0.2) is 13.6 Å². The van der Waals surface area contributed by atoms with Crippen molar-refractivity contribution in [3.63, 3.8) is 0 Å². The van der Waals surface area contributed by atoms with Crippen LogP contribution in [-0.2, 0) is 14.8 Å². The van der Waals surface area contributed by atoms with E-state index in [4.69, 9.17) is 5.14 Å². The van der Waals surface area contributed by atoms with Crippen molar-refractivity contribution in [2.75, 3.05) is 12.4 Å². The summed E-state index contributed by atoms with van der Waals surface area (Å²) >= 11 is 0. The number of amides is 1. The third kappa shape index (κ3) is 3.52. The van der Waals surface area contributed by atoms with Gasteiger partial charge < -0.3 is 10.6 Å². The number of likely N-dealkylation sites (N-methyl/N-ethyl adjacent to an activating group) is 1. The van der Waals surface area contributed by atoms with Gasteiger partial charge in [-0.3, -0.25) is 4.79 Å². The minimum Gasteiger partial charge on any atom is -0.324 e. The zero-order valence-electron chi connectivity index (χ0n) is 11.4. The zero-order valence-corrected chi connectivity index (χ0v) is 12.3. The lowest BCUT2D eigenvalue weighted by atomic mass is 10.0. The summed E-state index contributed by atoms with van der Waals surface area (Å²) in [6.07, 6.45) is 0. The molecule has 106 valence electrons. The third-order valence-electron chi connectivity index (χ3n) is 3.03. The van der Waals surface area contributed by atoms with E-state index in [2.05, 4.69) is 10.6 Å². The Kier molecular flexibility index (Phi) is 4.34. The topological polar surface area (TPSA) is 101 Å². The first-order valence-electron chi connectivity index (χ1n) is 5.72. The summed E-state index contributed by atoms with van der Waals surface area (Å²) in [4.78, 5) is 12.0. The van der Waals surface area contributed by atoms with E-state index in [1.807, 2.05) is 0 Å². The third-order valence-corrected chi connectivity index (χ3v) is 4.09. The normalized spacial score (nSPS) is 12.3. The average Bonchev–Trinajstić information content (AvgIpc) is 2.30. The second kappa shape index (κ2) is 5.28. The number of nitrogens with two attached hydrogens (primary N) is 1. The molecule has 0 radical (unpaired) electrons. The summed E-state index contributed by atoms with van der Waals surface area (Å²) in [6.45, 7) is 5.05. The Morgan fingerprint density at radius 3 is 2.37 bits per heavy atom. The number of hydrogen-bond donors (Lipinski definition) is 3. The molecule has 6 nitrogen and oxygen atoms in total. The number of nitrogens with one attached hydrogen (secondary N) is 2. The van der Waals surface area contributed by atoms with E-state index in [-0.39, 0.29) is 10.8 Å². The van der Waals surface area contributed by atoms with Gasteiger partial charge in [-0.2, -0.15) is 0 Å². The highest BCUT2D eigenvalue weighted by Crippen LogP contribution is 2.22. The molecule has 0 unspecified atom stereocenters. The van der Waals surface area contributed by atoms with Crippen LogP contribution in [0.15, 0.2) is 23.1 Å². The molecule has 19 heavy (non-hydrogen) atoms. The Morgan fingerprint density at radius 1 is 1.32 bits per heavy atom. The fourth-order valence-corrected chi connectivity index (χ4v) is 2.26.